The van der Waals surface area contributed by atoms with Gasteiger partial charge in [0.15, 0.2) is 11.5 Å². The molecule has 3 rings (SSSR count). The van der Waals surface area contributed by atoms with Crippen molar-refractivity contribution < 1.29 is 9.47 Å². The van der Waals surface area contributed by atoms with Crippen LogP contribution in [0.3, 0.4) is 0 Å². The molecule has 2 N–H and O–H groups in total. The maximum absolute atomic E-state index is 6.42. The predicted molar refractivity (Wildman–Crippen MR) is 61.8 cm³/mol. The molecule has 0 unspecified atom stereocenters. The molecule has 0 bridgehead atoms. The first kappa shape index (κ1) is 9.97. The maximum Gasteiger partial charge on any atom is 0.161 e. The Hall–Kier alpha value is -1.22. The largest absolute Gasteiger partial charge is 0.486 e. The van der Waals surface area contributed by atoms with Crippen molar-refractivity contribution in [3.8, 4) is 11.5 Å². The minimum Gasteiger partial charge on any atom is -0.486 e. The number of hydrogen-bond acceptors (Lipinski definition) is 3. The smallest absolute Gasteiger partial charge is 0.161 e. The van der Waals surface area contributed by atoms with Crippen LogP contribution in [0, 0.1) is 0 Å². The number of ether oxygens (including phenoxy) is 2. The van der Waals surface area contributed by atoms with Gasteiger partial charge in [-0.15, -0.1) is 0 Å². The van der Waals surface area contributed by atoms with E-state index in [2.05, 4.69) is 12.1 Å². The topological polar surface area (TPSA) is 44.5 Å². The standard InChI is InChI=1S/C13H17NO2/c14-13(5-1-2-6-13)10-3-4-11-12(9-10)16-8-7-15-11/h3-4,9H,1-2,5-8,14H2. The third kappa shape index (κ3) is 1.55. The SMILES string of the molecule is NC1(c2ccc3c(c2)OCCO3)CCCC1. The molecule has 86 valence electrons. The molecule has 1 aromatic rings. The Labute approximate surface area is 95.5 Å². The van der Waals surface area contributed by atoms with E-state index in [4.69, 9.17) is 15.2 Å². The van der Waals surface area contributed by atoms with Crippen LogP contribution in [0.4, 0.5) is 0 Å². The number of hydrogen-bond donors (Lipinski definition) is 1. The van der Waals surface area contributed by atoms with Gasteiger partial charge < -0.3 is 15.2 Å². The lowest BCUT2D eigenvalue weighted by atomic mass is 9.89. The summed E-state index contributed by atoms with van der Waals surface area (Å²) in [4.78, 5) is 0. The van der Waals surface area contributed by atoms with Gasteiger partial charge in [0.1, 0.15) is 13.2 Å². The van der Waals surface area contributed by atoms with Crippen molar-refractivity contribution in [2.24, 2.45) is 5.73 Å². The maximum atomic E-state index is 6.42. The number of benzene rings is 1. The van der Waals surface area contributed by atoms with Crippen molar-refractivity contribution in [3.05, 3.63) is 23.8 Å². The second-order valence-corrected chi connectivity index (χ2v) is 4.72. The molecular weight excluding hydrogens is 202 g/mol. The van der Waals surface area contributed by atoms with E-state index in [-0.39, 0.29) is 5.54 Å². The Balaban J connectivity index is 1.96. The van der Waals surface area contributed by atoms with Crippen molar-refractivity contribution in [2.75, 3.05) is 13.2 Å². The predicted octanol–water partition coefficient (Wildman–Crippen LogP) is 2.19. The van der Waals surface area contributed by atoms with E-state index in [9.17, 15) is 0 Å². The molecule has 0 amide bonds. The second kappa shape index (κ2) is 3.67. The van der Waals surface area contributed by atoms with E-state index < -0.39 is 0 Å². The Kier molecular flexibility index (Phi) is 2.28. The molecule has 0 atom stereocenters. The van der Waals surface area contributed by atoms with E-state index in [0.29, 0.717) is 13.2 Å². The molecule has 0 saturated heterocycles. The zero-order valence-corrected chi connectivity index (χ0v) is 9.37. The molecule has 0 radical (unpaired) electrons. The fourth-order valence-corrected chi connectivity index (χ4v) is 2.65. The number of fused-ring (bicyclic) bond motifs is 1. The normalized spacial score (nSPS) is 22.1. The van der Waals surface area contributed by atoms with Gasteiger partial charge in [0.2, 0.25) is 0 Å². The van der Waals surface area contributed by atoms with E-state index >= 15 is 0 Å². The van der Waals surface area contributed by atoms with Gasteiger partial charge in [0, 0.05) is 5.54 Å². The molecule has 0 aromatic heterocycles. The second-order valence-electron chi connectivity index (χ2n) is 4.72. The first-order valence-electron chi connectivity index (χ1n) is 5.97. The zero-order valence-electron chi connectivity index (χ0n) is 9.37. The van der Waals surface area contributed by atoms with E-state index in [1.54, 1.807) is 0 Å². The summed E-state index contributed by atoms with van der Waals surface area (Å²) in [5.41, 5.74) is 7.46. The fourth-order valence-electron chi connectivity index (χ4n) is 2.65. The lowest BCUT2D eigenvalue weighted by Crippen LogP contribution is -2.33. The summed E-state index contributed by atoms with van der Waals surface area (Å²) in [6.07, 6.45) is 4.61. The minimum absolute atomic E-state index is 0.143. The van der Waals surface area contributed by atoms with Crippen LogP contribution in [0.25, 0.3) is 0 Å². The summed E-state index contributed by atoms with van der Waals surface area (Å²) >= 11 is 0. The monoisotopic (exact) mass is 219 g/mol. The van der Waals surface area contributed by atoms with Gasteiger partial charge in [0.05, 0.1) is 0 Å². The van der Waals surface area contributed by atoms with Crippen LogP contribution < -0.4 is 15.2 Å². The molecule has 2 aliphatic rings. The van der Waals surface area contributed by atoms with Gasteiger partial charge in [-0.05, 0) is 30.5 Å². The first-order valence-corrected chi connectivity index (χ1v) is 5.97. The summed E-state index contributed by atoms with van der Waals surface area (Å²) in [6, 6.07) is 6.12. The molecular formula is C13H17NO2. The molecule has 1 aliphatic carbocycles. The fraction of sp³-hybridized carbons (Fsp3) is 0.538. The van der Waals surface area contributed by atoms with Gasteiger partial charge in [0.25, 0.3) is 0 Å². The third-order valence-electron chi connectivity index (χ3n) is 3.61. The Morgan fingerprint density at radius 2 is 1.69 bits per heavy atom. The zero-order chi connectivity index (χ0) is 11.0. The van der Waals surface area contributed by atoms with Crippen LogP contribution in [0.2, 0.25) is 0 Å². The van der Waals surface area contributed by atoms with Crippen molar-refractivity contribution in [1.29, 1.82) is 0 Å². The van der Waals surface area contributed by atoms with E-state index in [1.807, 2.05) is 6.07 Å². The lowest BCUT2D eigenvalue weighted by Gasteiger charge is -2.26. The quantitative estimate of drug-likeness (QED) is 0.787. The first-order chi connectivity index (χ1) is 7.78. The molecule has 1 aliphatic heterocycles. The van der Waals surface area contributed by atoms with E-state index in [0.717, 1.165) is 24.3 Å². The highest BCUT2D eigenvalue weighted by atomic mass is 16.6. The van der Waals surface area contributed by atoms with Crippen LogP contribution in [0.15, 0.2) is 18.2 Å². The molecule has 1 fully saturated rings. The average molecular weight is 219 g/mol. The highest BCUT2D eigenvalue weighted by molar-refractivity contribution is 5.46. The molecule has 1 heterocycles. The van der Waals surface area contributed by atoms with Crippen LogP contribution in [-0.2, 0) is 5.54 Å². The van der Waals surface area contributed by atoms with Gasteiger partial charge in [-0.3, -0.25) is 0 Å². The Morgan fingerprint density at radius 3 is 2.44 bits per heavy atom. The van der Waals surface area contributed by atoms with Gasteiger partial charge in [-0.2, -0.15) is 0 Å². The van der Waals surface area contributed by atoms with Crippen LogP contribution >= 0.6 is 0 Å². The molecule has 0 spiro atoms. The molecule has 16 heavy (non-hydrogen) atoms. The van der Waals surface area contributed by atoms with Gasteiger partial charge in [-0.1, -0.05) is 18.9 Å². The molecule has 1 aromatic carbocycles. The molecule has 3 nitrogen and oxygen atoms in total. The Morgan fingerprint density at radius 1 is 1.00 bits per heavy atom. The van der Waals surface area contributed by atoms with Crippen LogP contribution in [0.5, 0.6) is 11.5 Å². The average Bonchev–Trinajstić information content (AvgIpc) is 2.77. The van der Waals surface area contributed by atoms with Crippen molar-refractivity contribution >= 4 is 0 Å². The lowest BCUT2D eigenvalue weighted by molar-refractivity contribution is 0.171. The minimum atomic E-state index is -0.143. The third-order valence-corrected chi connectivity index (χ3v) is 3.61. The van der Waals surface area contributed by atoms with Crippen molar-refractivity contribution in [3.63, 3.8) is 0 Å². The summed E-state index contributed by atoms with van der Waals surface area (Å²) in [7, 11) is 0. The highest BCUT2D eigenvalue weighted by Crippen LogP contribution is 2.40. The molecule has 3 heteroatoms. The van der Waals surface area contributed by atoms with Gasteiger partial charge >= 0.3 is 0 Å². The van der Waals surface area contributed by atoms with Crippen molar-refractivity contribution in [2.45, 2.75) is 31.2 Å². The summed E-state index contributed by atoms with van der Waals surface area (Å²) in [5, 5.41) is 0. The van der Waals surface area contributed by atoms with Crippen molar-refractivity contribution in [1.82, 2.24) is 0 Å². The number of nitrogens with two attached hydrogens (primary N) is 1. The summed E-state index contributed by atoms with van der Waals surface area (Å²) < 4.78 is 11.1. The van der Waals surface area contributed by atoms with Crippen LogP contribution in [-0.4, -0.2) is 13.2 Å². The van der Waals surface area contributed by atoms with Crippen LogP contribution in [0.1, 0.15) is 31.2 Å². The molecule has 1 saturated carbocycles. The Bertz CT molecular complexity index is 397. The number of rotatable bonds is 1. The van der Waals surface area contributed by atoms with E-state index in [1.165, 1.54) is 18.4 Å². The summed E-state index contributed by atoms with van der Waals surface area (Å²) in [6.45, 7) is 1.27. The van der Waals surface area contributed by atoms with Gasteiger partial charge in [-0.25, -0.2) is 0 Å². The summed E-state index contributed by atoms with van der Waals surface area (Å²) in [5.74, 6) is 1.69. The highest BCUT2D eigenvalue weighted by Gasteiger charge is 2.32.